The van der Waals surface area contributed by atoms with E-state index in [-0.39, 0.29) is 11.9 Å². The average Bonchev–Trinajstić information content (AvgIpc) is 3.73. The minimum absolute atomic E-state index is 0.265. The van der Waals surface area contributed by atoms with Crippen molar-refractivity contribution >= 4 is 0 Å². The van der Waals surface area contributed by atoms with Crippen LogP contribution in [0.3, 0.4) is 0 Å². The Bertz CT molecular complexity index is 780. The second-order valence-electron chi connectivity index (χ2n) is 14.3. The van der Waals surface area contributed by atoms with E-state index in [2.05, 4.69) is 67.4 Å². The van der Waals surface area contributed by atoms with Crippen LogP contribution in [0.25, 0.3) is 0 Å². The Morgan fingerprint density at radius 1 is 0.522 bits per heavy atom. The van der Waals surface area contributed by atoms with E-state index >= 15 is 0 Å². The number of rotatable bonds is 31. The first kappa shape index (κ1) is 41.0. The third-order valence-corrected chi connectivity index (χ3v) is 9.84. The maximum atomic E-state index is 6.76. The molecule has 2 saturated heterocycles. The molecule has 0 radical (unpaired) electrons. The summed E-state index contributed by atoms with van der Waals surface area (Å²) in [6.07, 6.45) is 53.6. The van der Waals surface area contributed by atoms with Crippen LogP contribution in [0, 0.1) is 0 Å². The van der Waals surface area contributed by atoms with E-state index in [0.29, 0.717) is 0 Å². The van der Waals surface area contributed by atoms with Gasteiger partial charge in [-0.1, -0.05) is 133 Å². The molecule has 2 aliphatic rings. The Labute approximate surface area is 287 Å². The molecular weight excluding hydrogens is 562 g/mol. The van der Waals surface area contributed by atoms with Crippen LogP contribution in [0.1, 0.15) is 187 Å². The van der Waals surface area contributed by atoms with Gasteiger partial charge in [-0.25, -0.2) is 0 Å². The molecule has 2 atom stereocenters. The summed E-state index contributed by atoms with van der Waals surface area (Å²) in [6, 6.07) is 0. The molecule has 0 aromatic heterocycles. The first-order chi connectivity index (χ1) is 22.8. The number of nitrogens with zero attached hydrogens (tertiary/aromatic N) is 1. The summed E-state index contributed by atoms with van der Waals surface area (Å²) in [5.41, 5.74) is 0. The van der Waals surface area contributed by atoms with Gasteiger partial charge >= 0.3 is 0 Å². The quantitative estimate of drug-likeness (QED) is 0.0556. The fraction of sp³-hybridized carbons (Fsp3) is 0.814. The van der Waals surface area contributed by atoms with Crippen LogP contribution in [-0.2, 0) is 9.47 Å². The molecule has 0 saturated carbocycles. The van der Waals surface area contributed by atoms with Crippen LogP contribution in [0.15, 0.2) is 48.6 Å². The summed E-state index contributed by atoms with van der Waals surface area (Å²) < 4.78 is 13.3. The first-order valence-electron chi connectivity index (χ1n) is 20.4. The number of likely N-dealkylation sites (tertiary alicyclic amines) is 1. The van der Waals surface area contributed by atoms with Crippen molar-refractivity contribution < 1.29 is 9.47 Å². The Morgan fingerprint density at radius 3 is 1.39 bits per heavy atom. The number of ether oxygens (including phenoxy) is 2. The van der Waals surface area contributed by atoms with Crippen molar-refractivity contribution in [3.8, 4) is 0 Å². The van der Waals surface area contributed by atoms with Crippen LogP contribution in [0.4, 0.5) is 0 Å². The summed E-state index contributed by atoms with van der Waals surface area (Å²) in [7, 11) is 0. The highest BCUT2D eigenvalue weighted by atomic mass is 16.7. The van der Waals surface area contributed by atoms with Gasteiger partial charge in [-0.2, -0.15) is 0 Å². The minimum atomic E-state index is -0.313. The number of unbranched alkanes of at least 4 members (excludes halogenated alkanes) is 17. The van der Waals surface area contributed by atoms with Crippen molar-refractivity contribution in [3.63, 3.8) is 0 Å². The molecule has 0 N–H and O–H groups in total. The van der Waals surface area contributed by atoms with Gasteiger partial charge in [0.15, 0.2) is 5.79 Å². The van der Waals surface area contributed by atoms with Crippen LogP contribution < -0.4 is 0 Å². The monoisotopic (exact) mass is 640 g/mol. The van der Waals surface area contributed by atoms with Crippen LogP contribution in [-0.4, -0.2) is 43.0 Å². The van der Waals surface area contributed by atoms with Crippen molar-refractivity contribution in [2.24, 2.45) is 0 Å². The van der Waals surface area contributed by atoms with Crippen molar-refractivity contribution in [2.45, 2.75) is 199 Å². The van der Waals surface area contributed by atoms with Gasteiger partial charge in [0.25, 0.3) is 0 Å². The molecule has 46 heavy (non-hydrogen) atoms. The second kappa shape index (κ2) is 29.9. The van der Waals surface area contributed by atoms with Gasteiger partial charge in [-0.05, 0) is 103 Å². The van der Waals surface area contributed by atoms with Gasteiger partial charge in [0, 0.05) is 19.4 Å². The molecule has 266 valence electrons. The molecule has 0 bridgehead atoms. The Kier molecular flexibility index (Phi) is 26.7. The normalized spacial score (nSPS) is 21.0. The predicted octanol–water partition coefficient (Wildman–Crippen LogP) is 13.2. The lowest BCUT2D eigenvalue weighted by Crippen LogP contribution is -2.35. The van der Waals surface area contributed by atoms with Crippen molar-refractivity contribution in [1.82, 2.24) is 4.90 Å². The molecule has 0 aromatic carbocycles. The molecule has 0 spiro atoms. The molecule has 2 aliphatic heterocycles. The molecule has 2 unspecified atom stereocenters. The largest absolute Gasteiger partial charge is 0.347 e. The molecule has 3 nitrogen and oxygen atoms in total. The molecule has 0 aliphatic carbocycles. The highest BCUT2D eigenvalue weighted by Crippen LogP contribution is 2.35. The maximum Gasteiger partial charge on any atom is 0.168 e. The predicted molar refractivity (Wildman–Crippen MR) is 203 cm³/mol. The van der Waals surface area contributed by atoms with Gasteiger partial charge in [-0.15, -0.1) is 0 Å². The lowest BCUT2D eigenvalue weighted by Gasteiger charge is -2.29. The Hall–Kier alpha value is -1.16. The van der Waals surface area contributed by atoms with Gasteiger partial charge in [0.05, 0.1) is 12.7 Å². The second-order valence-corrected chi connectivity index (χ2v) is 14.3. The van der Waals surface area contributed by atoms with E-state index in [9.17, 15) is 0 Å². The highest BCUT2D eigenvalue weighted by Gasteiger charge is 2.41. The van der Waals surface area contributed by atoms with E-state index < -0.39 is 0 Å². The number of hydrogen-bond acceptors (Lipinski definition) is 3. The third-order valence-electron chi connectivity index (χ3n) is 9.84. The zero-order valence-electron chi connectivity index (χ0n) is 30.9. The smallest absolute Gasteiger partial charge is 0.168 e. The standard InChI is InChI=1S/C43H77NO2/c1-3-5-7-9-11-13-15-17-19-21-23-25-27-29-31-33-37-43(45-41-42(46-43)40-44-38-34-35-39-44)36-32-30-28-26-24-22-20-18-16-14-12-10-8-6-4-2/h11-14,17-20,42H,3-10,15-16,21-41H2,1-2H3/b13-11-,14-12-,19-17-,20-18-. The van der Waals surface area contributed by atoms with Crippen LogP contribution in [0.5, 0.6) is 0 Å². The first-order valence-corrected chi connectivity index (χ1v) is 20.4. The van der Waals surface area contributed by atoms with E-state index in [1.165, 1.54) is 161 Å². The van der Waals surface area contributed by atoms with Crippen molar-refractivity contribution in [1.29, 1.82) is 0 Å². The van der Waals surface area contributed by atoms with Gasteiger partial charge in [-0.3, -0.25) is 0 Å². The van der Waals surface area contributed by atoms with Crippen molar-refractivity contribution in [3.05, 3.63) is 48.6 Å². The van der Waals surface area contributed by atoms with E-state index in [1.807, 2.05) is 0 Å². The third kappa shape index (κ3) is 22.4. The molecule has 0 amide bonds. The fourth-order valence-corrected chi connectivity index (χ4v) is 6.94. The molecule has 2 heterocycles. The molecule has 0 aromatic rings. The summed E-state index contributed by atoms with van der Waals surface area (Å²) >= 11 is 0. The Morgan fingerprint density at radius 2 is 0.935 bits per heavy atom. The summed E-state index contributed by atoms with van der Waals surface area (Å²) in [5.74, 6) is -0.313. The van der Waals surface area contributed by atoms with Gasteiger partial charge < -0.3 is 14.4 Å². The minimum Gasteiger partial charge on any atom is -0.347 e. The van der Waals surface area contributed by atoms with Gasteiger partial charge in [0.1, 0.15) is 0 Å². The summed E-state index contributed by atoms with van der Waals surface area (Å²) in [5, 5.41) is 0. The molecule has 2 rings (SSSR count). The Balaban J connectivity index is 1.54. The van der Waals surface area contributed by atoms with E-state index in [1.54, 1.807) is 0 Å². The lowest BCUT2D eigenvalue weighted by molar-refractivity contribution is -0.180. The van der Waals surface area contributed by atoms with Crippen LogP contribution in [0.2, 0.25) is 0 Å². The summed E-state index contributed by atoms with van der Waals surface area (Å²) in [6.45, 7) is 8.88. The number of hydrogen-bond donors (Lipinski definition) is 0. The number of allylic oxidation sites excluding steroid dienone is 8. The van der Waals surface area contributed by atoms with E-state index in [0.717, 1.165) is 38.8 Å². The van der Waals surface area contributed by atoms with E-state index in [4.69, 9.17) is 9.47 Å². The topological polar surface area (TPSA) is 21.7 Å². The van der Waals surface area contributed by atoms with Crippen molar-refractivity contribution in [2.75, 3.05) is 26.2 Å². The maximum absolute atomic E-state index is 6.76. The molecule has 2 fully saturated rings. The lowest BCUT2D eigenvalue weighted by atomic mass is 9.98. The summed E-state index contributed by atoms with van der Waals surface area (Å²) in [4.78, 5) is 2.59. The van der Waals surface area contributed by atoms with Gasteiger partial charge in [0.2, 0.25) is 0 Å². The zero-order chi connectivity index (χ0) is 32.6. The SMILES string of the molecule is CCCCC/C=C\C/C=C\CCCCCCCCC1(CCCCCCC/C=C\C/C=C\CCCCC)OCC(CN2CCCC2)O1. The highest BCUT2D eigenvalue weighted by molar-refractivity contribution is 4.93. The fourth-order valence-electron chi connectivity index (χ4n) is 6.94. The average molecular weight is 640 g/mol. The molecule has 3 heteroatoms. The van der Waals surface area contributed by atoms with Crippen LogP contribution >= 0.6 is 0 Å². The molecular formula is C43H77NO2. The zero-order valence-corrected chi connectivity index (χ0v) is 30.9.